The molecule has 0 aliphatic heterocycles. The Morgan fingerprint density at radius 2 is 2.17 bits per heavy atom. The molecule has 0 saturated heterocycles. The molecular weight excluding hydrogens is 236 g/mol. The lowest BCUT2D eigenvalue weighted by molar-refractivity contribution is 0.197. The van der Waals surface area contributed by atoms with Crippen LogP contribution in [0.15, 0.2) is 18.2 Å². The number of halogens is 2. The first kappa shape index (κ1) is 13.3. The van der Waals surface area contributed by atoms with Crippen LogP contribution in [0, 0.1) is 11.6 Å². The van der Waals surface area contributed by atoms with E-state index in [9.17, 15) is 8.78 Å². The number of benzene rings is 1. The van der Waals surface area contributed by atoms with Crippen molar-refractivity contribution in [1.29, 1.82) is 0 Å². The molecule has 0 aromatic heterocycles. The van der Waals surface area contributed by atoms with Gasteiger partial charge in [-0.3, -0.25) is 0 Å². The molecule has 0 amide bonds. The zero-order valence-electron chi connectivity index (χ0n) is 10.6. The summed E-state index contributed by atoms with van der Waals surface area (Å²) in [7, 11) is 0. The Balaban J connectivity index is 1.87. The molecule has 0 spiro atoms. The lowest BCUT2D eigenvalue weighted by Crippen LogP contribution is -2.28. The van der Waals surface area contributed by atoms with E-state index in [4.69, 9.17) is 4.74 Å². The standard InChI is InChI=1S/C14H19F2NO/c1-2-7-17-11-4-5-12(9-11)18-14-6-3-10(15)8-13(14)16/h3,6,8,11-12,17H,2,4-5,7,9H2,1H3. The third kappa shape index (κ3) is 3.42. The quantitative estimate of drug-likeness (QED) is 0.872. The van der Waals surface area contributed by atoms with Crippen molar-refractivity contribution in [3.63, 3.8) is 0 Å². The van der Waals surface area contributed by atoms with Gasteiger partial charge in [-0.05, 0) is 44.4 Å². The topological polar surface area (TPSA) is 21.3 Å². The van der Waals surface area contributed by atoms with E-state index in [-0.39, 0.29) is 11.9 Å². The maximum absolute atomic E-state index is 13.4. The largest absolute Gasteiger partial charge is 0.487 e. The van der Waals surface area contributed by atoms with Crippen LogP contribution in [-0.2, 0) is 0 Å². The van der Waals surface area contributed by atoms with E-state index >= 15 is 0 Å². The average molecular weight is 255 g/mol. The van der Waals surface area contributed by atoms with Gasteiger partial charge in [-0.25, -0.2) is 8.78 Å². The van der Waals surface area contributed by atoms with Gasteiger partial charge >= 0.3 is 0 Å². The second-order valence-corrected chi connectivity index (χ2v) is 4.78. The Morgan fingerprint density at radius 1 is 1.33 bits per heavy atom. The number of nitrogens with one attached hydrogen (secondary N) is 1. The van der Waals surface area contributed by atoms with Gasteiger partial charge in [0.15, 0.2) is 11.6 Å². The molecule has 1 aliphatic rings. The van der Waals surface area contributed by atoms with Gasteiger partial charge in [0.2, 0.25) is 0 Å². The minimum atomic E-state index is -0.625. The summed E-state index contributed by atoms with van der Waals surface area (Å²) in [5.41, 5.74) is 0. The van der Waals surface area contributed by atoms with Crippen molar-refractivity contribution in [1.82, 2.24) is 5.32 Å². The fourth-order valence-corrected chi connectivity index (χ4v) is 2.33. The van der Waals surface area contributed by atoms with E-state index in [2.05, 4.69) is 12.2 Å². The number of rotatable bonds is 5. The third-order valence-corrected chi connectivity index (χ3v) is 3.26. The Labute approximate surface area is 106 Å². The highest BCUT2D eigenvalue weighted by Crippen LogP contribution is 2.26. The fourth-order valence-electron chi connectivity index (χ4n) is 2.33. The third-order valence-electron chi connectivity index (χ3n) is 3.26. The van der Waals surface area contributed by atoms with Crippen molar-refractivity contribution in [2.75, 3.05) is 6.54 Å². The van der Waals surface area contributed by atoms with Gasteiger partial charge in [0.1, 0.15) is 11.9 Å². The SMILES string of the molecule is CCCNC1CCC(Oc2ccc(F)cc2F)C1. The summed E-state index contributed by atoms with van der Waals surface area (Å²) < 4.78 is 31.8. The highest BCUT2D eigenvalue weighted by Gasteiger charge is 2.26. The number of ether oxygens (including phenoxy) is 1. The van der Waals surface area contributed by atoms with E-state index in [1.165, 1.54) is 12.1 Å². The lowest BCUT2D eigenvalue weighted by atomic mass is 10.2. The molecule has 2 nitrogen and oxygen atoms in total. The molecule has 100 valence electrons. The first-order valence-corrected chi connectivity index (χ1v) is 6.54. The van der Waals surface area contributed by atoms with Crippen molar-refractivity contribution in [3.05, 3.63) is 29.8 Å². The molecule has 1 saturated carbocycles. The summed E-state index contributed by atoms with van der Waals surface area (Å²) in [4.78, 5) is 0. The van der Waals surface area contributed by atoms with Gasteiger partial charge < -0.3 is 10.1 Å². The summed E-state index contributed by atoms with van der Waals surface area (Å²) in [6.07, 6.45) is 3.98. The molecule has 1 aromatic rings. The molecule has 1 fully saturated rings. The fraction of sp³-hybridized carbons (Fsp3) is 0.571. The van der Waals surface area contributed by atoms with Crippen LogP contribution in [-0.4, -0.2) is 18.7 Å². The summed E-state index contributed by atoms with van der Waals surface area (Å²) in [6, 6.07) is 3.90. The Bertz CT molecular complexity index is 397. The second-order valence-electron chi connectivity index (χ2n) is 4.78. The Kier molecular flexibility index (Phi) is 4.53. The highest BCUT2D eigenvalue weighted by atomic mass is 19.1. The first-order chi connectivity index (χ1) is 8.69. The lowest BCUT2D eigenvalue weighted by Gasteiger charge is -2.15. The molecule has 0 radical (unpaired) electrons. The van der Waals surface area contributed by atoms with Crippen LogP contribution in [0.2, 0.25) is 0 Å². The predicted molar refractivity (Wildman–Crippen MR) is 66.7 cm³/mol. The second kappa shape index (κ2) is 6.14. The first-order valence-electron chi connectivity index (χ1n) is 6.54. The van der Waals surface area contributed by atoms with Crippen molar-refractivity contribution in [3.8, 4) is 5.75 Å². The predicted octanol–water partition coefficient (Wildman–Crippen LogP) is 3.26. The normalized spacial score (nSPS) is 23.3. The summed E-state index contributed by atoms with van der Waals surface area (Å²) in [5, 5.41) is 3.44. The molecular formula is C14H19F2NO. The summed E-state index contributed by atoms with van der Waals surface area (Å²) >= 11 is 0. The monoisotopic (exact) mass is 255 g/mol. The highest BCUT2D eigenvalue weighted by molar-refractivity contribution is 5.25. The van der Waals surface area contributed by atoms with Crippen LogP contribution in [0.3, 0.4) is 0 Å². The van der Waals surface area contributed by atoms with Gasteiger partial charge in [0, 0.05) is 12.1 Å². The van der Waals surface area contributed by atoms with Crippen LogP contribution in [0.1, 0.15) is 32.6 Å². The minimum Gasteiger partial charge on any atom is -0.487 e. The van der Waals surface area contributed by atoms with E-state index in [1.807, 2.05) is 0 Å². The molecule has 2 atom stereocenters. The van der Waals surface area contributed by atoms with E-state index in [0.29, 0.717) is 6.04 Å². The molecule has 1 aliphatic carbocycles. The average Bonchev–Trinajstić information content (AvgIpc) is 2.78. The van der Waals surface area contributed by atoms with Gasteiger partial charge in [0.25, 0.3) is 0 Å². The maximum Gasteiger partial charge on any atom is 0.167 e. The van der Waals surface area contributed by atoms with Crippen LogP contribution >= 0.6 is 0 Å². The minimum absolute atomic E-state index is 0.0271. The molecule has 0 bridgehead atoms. The van der Waals surface area contributed by atoms with Crippen LogP contribution in [0.25, 0.3) is 0 Å². The Hall–Kier alpha value is -1.16. The van der Waals surface area contributed by atoms with Crippen LogP contribution in [0.4, 0.5) is 8.78 Å². The summed E-state index contributed by atoms with van der Waals surface area (Å²) in [6.45, 7) is 3.13. The van der Waals surface area contributed by atoms with E-state index < -0.39 is 11.6 Å². The molecule has 18 heavy (non-hydrogen) atoms. The zero-order valence-corrected chi connectivity index (χ0v) is 10.6. The van der Waals surface area contributed by atoms with Crippen molar-refractivity contribution >= 4 is 0 Å². The number of hydrogen-bond donors (Lipinski definition) is 1. The Morgan fingerprint density at radius 3 is 2.89 bits per heavy atom. The molecule has 2 unspecified atom stereocenters. The molecule has 4 heteroatoms. The van der Waals surface area contributed by atoms with Gasteiger partial charge in [-0.1, -0.05) is 6.92 Å². The van der Waals surface area contributed by atoms with Crippen molar-refractivity contribution in [2.45, 2.75) is 44.8 Å². The smallest absolute Gasteiger partial charge is 0.167 e. The van der Waals surface area contributed by atoms with Gasteiger partial charge in [-0.2, -0.15) is 0 Å². The van der Waals surface area contributed by atoms with Gasteiger partial charge in [-0.15, -0.1) is 0 Å². The number of hydrogen-bond acceptors (Lipinski definition) is 2. The van der Waals surface area contributed by atoms with Crippen LogP contribution < -0.4 is 10.1 Å². The zero-order chi connectivity index (χ0) is 13.0. The van der Waals surface area contributed by atoms with E-state index in [0.717, 1.165) is 38.3 Å². The van der Waals surface area contributed by atoms with Gasteiger partial charge in [0.05, 0.1) is 0 Å². The maximum atomic E-state index is 13.4. The van der Waals surface area contributed by atoms with Crippen molar-refractivity contribution in [2.24, 2.45) is 0 Å². The molecule has 1 aromatic carbocycles. The molecule has 2 rings (SSSR count). The van der Waals surface area contributed by atoms with Crippen molar-refractivity contribution < 1.29 is 13.5 Å². The molecule has 0 heterocycles. The van der Waals surface area contributed by atoms with E-state index in [1.54, 1.807) is 0 Å². The summed E-state index contributed by atoms with van der Waals surface area (Å²) in [5.74, 6) is -1.05. The van der Waals surface area contributed by atoms with Crippen LogP contribution in [0.5, 0.6) is 5.75 Å². The molecule has 1 N–H and O–H groups in total.